The fourth-order valence-corrected chi connectivity index (χ4v) is 3.30. The van der Waals surface area contributed by atoms with Gasteiger partial charge in [-0.2, -0.15) is 4.98 Å². The third-order valence-corrected chi connectivity index (χ3v) is 4.57. The maximum atomic E-state index is 9.71. The Morgan fingerprint density at radius 1 is 1.29 bits per heavy atom. The van der Waals surface area contributed by atoms with Crippen molar-refractivity contribution < 1.29 is 9.84 Å². The summed E-state index contributed by atoms with van der Waals surface area (Å²) in [7, 11) is 0. The van der Waals surface area contributed by atoms with Gasteiger partial charge >= 0.3 is 0 Å². The van der Waals surface area contributed by atoms with Crippen molar-refractivity contribution in [3.8, 4) is 0 Å². The minimum Gasteiger partial charge on any atom is -0.392 e. The number of anilines is 2. The topological polar surface area (TPSA) is 73.8 Å². The number of aliphatic hydroxyl groups excluding tert-OH is 1. The quantitative estimate of drug-likeness (QED) is 0.748. The monoisotopic (exact) mass is 335 g/mol. The fraction of sp³-hybridized carbons (Fsp3) is 0.765. The molecular formula is C17H29N5O2. The third-order valence-electron chi connectivity index (χ3n) is 4.57. The predicted octanol–water partition coefficient (Wildman–Crippen LogP) is 0.880. The number of aryl methyl sites for hydroxylation is 1. The molecule has 2 aliphatic heterocycles. The highest BCUT2D eigenvalue weighted by Gasteiger charge is 2.17. The van der Waals surface area contributed by atoms with Crippen LogP contribution in [0.4, 0.5) is 11.8 Å². The summed E-state index contributed by atoms with van der Waals surface area (Å²) in [6, 6.07) is 1.99. The standard InChI is InChI=1S/C17H29N5O2/c1-14-12-16(20-17(19-14)22-8-10-24-11-9-22)18-5-3-7-21-6-2-4-15(23)13-21/h12,15,23H,2-11,13H2,1H3,(H,18,19,20). The summed E-state index contributed by atoms with van der Waals surface area (Å²) in [5.74, 6) is 1.68. The van der Waals surface area contributed by atoms with E-state index < -0.39 is 0 Å². The molecule has 7 heteroatoms. The van der Waals surface area contributed by atoms with Crippen molar-refractivity contribution >= 4 is 11.8 Å². The van der Waals surface area contributed by atoms with Crippen molar-refractivity contribution in [2.24, 2.45) is 0 Å². The number of nitrogens with zero attached hydrogens (tertiary/aromatic N) is 4. The van der Waals surface area contributed by atoms with E-state index in [9.17, 15) is 5.11 Å². The first-order valence-corrected chi connectivity index (χ1v) is 9.03. The third kappa shape index (κ3) is 5.03. The van der Waals surface area contributed by atoms with Crippen LogP contribution in [0.3, 0.4) is 0 Å². The molecule has 1 aromatic heterocycles. The van der Waals surface area contributed by atoms with Crippen molar-refractivity contribution in [1.29, 1.82) is 0 Å². The Morgan fingerprint density at radius 3 is 2.92 bits per heavy atom. The van der Waals surface area contributed by atoms with Crippen LogP contribution in [0.1, 0.15) is 25.0 Å². The zero-order valence-corrected chi connectivity index (χ0v) is 14.6. The van der Waals surface area contributed by atoms with Crippen LogP contribution < -0.4 is 10.2 Å². The van der Waals surface area contributed by atoms with E-state index in [2.05, 4.69) is 25.1 Å². The molecule has 1 atom stereocenters. The van der Waals surface area contributed by atoms with Crippen LogP contribution in [0.2, 0.25) is 0 Å². The molecule has 1 aromatic rings. The minimum atomic E-state index is -0.146. The Balaban J connectivity index is 1.47. The predicted molar refractivity (Wildman–Crippen MR) is 94.6 cm³/mol. The Morgan fingerprint density at radius 2 is 2.12 bits per heavy atom. The molecule has 2 N–H and O–H groups in total. The Bertz CT molecular complexity index is 522. The number of piperidine rings is 1. The van der Waals surface area contributed by atoms with Crippen LogP contribution in [0.5, 0.6) is 0 Å². The molecule has 0 aliphatic carbocycles. The van der Waals surface area contributed by atoms with E-state index in [4.69, 9.17) is 4.74 Å². The van der Waals surface area contributed by atoms with Gasteiger partial charge in [0, 0.05) is 37.9 Å². The summed E-state index contributed by atoms with van der Waals surface area (Å²) in [6.07, 6.45) is 2.94. The van der Waals surface area contributed by atoms with Crippen molar-refractivity contribution in [2.45, 2.75) is 32.3 Å². The van der Waals surface area contributed by atoms with Gasteiger partial charge in [-0.25, -0.2) is 4.98 Å². The molecular weight excluding hydrogens is 306 g/mol. The van der Waals surface area contributed by atoms with E-state index >= 15 is 0 Å². The molecule has 2 fully saturated rings. The van der Waals surface area contributed by atoms with Crippen LogP contribution in [0.25, 0.3) is 0 Å². The molecule has 7 nitrogen and oxygen atoms in total. The second-order valence-corrected chi connectivity index (χ2v) is 6.67. The first-order valence-electron chi connectivity index (χ1n) is 9.03. The molecule has 0 bridgehead atoms. The van der Waals surface area contributed by atoms with E-state index in [0.717, 1.165) is 89.2 Å². The lowest BCUT2D eigenvalue weighted by molar-refractivity contribution is 0.0706. The number of likely N-dealkylation sites (tertiary alicyclic amines) is 1. The number of rotatable bonds is 6. The molecule has 0 spiro atoms. The molecule has 134 valence electrons. The van der Waals surface area contributed by atoms with Crippen molar-refractivity contribution in [2.75, 3.05) is 62.7 Å². The Kier molecular flexibility index (Phi) is 6.23. The lowest BCUT2D eigenvalue weighted by Crippen LogP contribution is -2.39. The normalized spacial score (nSPS) is 22.6. The average molecular weight is 335 g/mol. The molecule has 3 rings (SSSR count). The number of morpholine rings is 1. The molecule has 3 heterocycles. The van der Waals surface area contributed by atoms with E-state index in [1.807, 2.05) is 13.0 Å². The minimum absolute atomic E-state index is 0.146. The lowest BCUT2D eigenvalue weighted by atomic mass is 10.1. The van der Waals surface area contributed by atoms with Gasteiger partial charge in [-0.15, -0.1) is 0 Å². The van der Waals surface area contributed by atoms with Crippen molar-refractivity contribution in [1.82, 2.24) is 14.9 Å². The molecule has 2 aliphatic rings. The van der Waals surface area contributed by atoms with Crippen molar-refractivity contribution in [3.05, 3.63) is 11.8 Å². The number of nitrogens with one attached hydrogen (secondary N) is 1. The van der Waals surface area contributed by atoms with Crippen LogP contribution in [-0.2, 0) is 4.74 Å². The smallest absolute Gasteiger partial charge is 0.227 e. The van der Waals surface area contributed by atoms with Crippen molar-refractivity contribution in [3.63, 3.8) is 0 Å². The summed E-state index contributed by atoms with van der Waals surface area (Å²) >= 11 is 0. The van der Waals surface area contributed by atoms with Gasteiger partial charge in [0.15, 0.2) is 0 Å². The summed E-state index contributed by atoms with van der Waals surface area (Å²) < 4.78 is 5.39. The van der Waals surface area contributed by atoms with Gasteiger partial charge in [0.05, 0.1) is 19.3 Å². The lowest BCUT2D eigenvalue weighted by Gasteiger charge is -2.30. The number of aromatic nitrogens is 2. The molecule has 0 saturated carbocycles. The first-order chi connectivity index (χ1) is 11.7. The number of hydrogen-bond donors (Lipinski definition) is 2. The highest BCUT2D eigenvalue weighted by atomic mass is 16.5. The largest absolute Gasteiger partial charge is 0.392 e. The summed E-state index contributed by atoms with van der Waals surface area (Å²) in [5.41, 5.74) is 0.980. The van der Waals surface area contributed by atoms with Gasteiger partial charge in [0.25, 0.3) is 0 Å². The first kappa shape index (κ1) is 17.4. The summed E-state index contributed by atoms with van der Waals surface area (Å²) in [6.45, 7) is 8.99. The summed E-state index contributed by atoms with van der Waals surface area (Å²) in [4.78, 5) is 13.7. The average Bonchev–Trinajstić information content (AvgIpc) is 2.59. The second-order valence-electron chi connectivity index (χ2n) is 6.67. The van der Waals surface area contributed by atoms with Gasteiger partial charge < -0.3 is 25.0 Å². The van der Waals surface area contributed by atoms with Crippen LogP contribution in [0.15, 0.2) is 6.07 Å². The van der Waals surface area contributed by atoms with Gasteiger partial charge in [0.2, 0.25) is 5.95 Å². The molecule has 24 heavy (non-hydrogen) atoms. The maximum absolute atomic E-state index is 9.71. The second kappa shape index (κ2) is 8.60. The SMILES string of the molecule is Cc1cc(NCCCN2CCCC(O)C2)nc(N2CCOCC2)n1. The number of hydrogen-bond acceptors (Lipinski definition) is 7. The van der Waals surface area contributed by atoms with E-state index in [-0.39, 0.29) is 6.10 Å². The van der Waals surface area contributed by atoms with Gasteiger partial charge in [0.1, 0.15) is 5.82 Å². The maximum Gasteiger partial charge on any atom is 0.227 e. The van der Waals surface area contributed by atoms with Crippen LogP contribution in [0, 0.1) is 6.92 Å². The van der Waals surface area contributed by atoms with Gasteiger partial charge in [-0.05, 0) is 39.3 Å². The zero-order valence-electron chi connectivity index (χ0n) is 14.6. The highest BCUT2D eigenvalue weighted by molar-refractivity contribution is 5.43. The Labute approximate surface area is 144 Å². The molecule has 0 radical (unpaired) electrons. The summed E-state index contributed by atoms with van der Waals surface area (Å²) in [5, 5.41) is 13.1. The molecule has 0 amide bonds. The van der Waals surface area contributed by atoms with E-state index in [1.165, 1.54) is 0 Å². The van der Waals surface area contributed by atoms with Crippen LogP contribution >= 0.6 is 0 Å². The van der Waals surface area contributed by atoms with Gasteiger partial charge in [-0.3, -0.25) is 0 Å². The molecule has 1 unspecified atom stereocenters. The van der Waals surface area contributed by atoms with Gasteiger partial charge in [-0.1, -0.05) is 0 Å². The number of ether oxygens (including phenoxy) is 1. The number of β-amino-alcohol motifs (C(OH)–C–C–N with tert-alkyl or cyclic N) is 1. The van der Waals surface area contributed by atoms with E-state index in [0.29, 0.717) is 0 Å². The zero-order chi connectivity index (χ0) is 16.8. The Hall–Kier alpha value is -1.44. The molecule has 0 aromatic carbocycles. The molecule has 2 saturated heterocycles. The fourth-order valence-electron chi connectivity index (χ4n) is 3.30. The van der Waals surface area contributed by atoms with Crippen LogP contribution in [-0.4, -0.2) is 78.6 Å². The van der Waals surface area contributed by atoms with E-state index in [1.54, 1.807) is 0 Å². The highest BCUT2D eigenvalue weighted by Crippen LogP contribution is 2.15. The number of aliphatic hydroxyl groups is 1.